The molecule has 2 aliphatic rings. The molecule has 60 heavy (non-hydrogen) atoms. The zero-order valence-corrected chi connectivity index (χ0v) is 40.2. The van der Waals surface area contributed by atoms with E-state index in [4.69, 9.17) is 9.47 Å². The van der Waals surface area contributed by atoms with Gasteiger partial charge in [0.2, 0.25) is 0 Å². The van der Waals surface area contributed by atoms with Crippen molar-refractivity contribution in [2.45, 2.75) is 79.1 Å². The van der Waals surface area contributed by atoms with E-state index >= 15 is 0 Å². The second-order valence-corrected chi connectivity index (χ2v) is 17.9. The molecule has 308 valence electrons. The van der Waals surface area contributed by atoms with Crippen molar-refractivity contribution in [1.82, 2.24) is 0 Å². The second-order valence-electron chi connectivity index (χ2n) is 16.7. The fraction of sp³-hybridized carbons (Fsp3) is 0.255. The molecule has 0 saturated heterocycles. The molecule has 0 aliphatic heterocycles. The Morgan fingerprint density at radius 1 is 0.600 bits per heavy atom. The molecule has 2 nitrogen and oxygen atoms in total. The van der Waals surface area contributed by atoms with Gasteiger partial charge >= 0.3 is 135 Å². The van der Waals surface area contributed by atoms with Crippen LogP contribution in [0.5, 0.6) is 11.5 Å². The first-order valence-corrected chi connectivity index (χ1v) is 21.7. The Hall–Kier alpha value is -4.27. The van der Waals surface area contributed by atoms with Crippen molar-refractivity contribution >= 4 is 3.21 Å². The second kappa shape index (κ2) is 22.0. The van der Waals surface area contributed by atoms with E-state index in [-0.39, 0.29) is 35.6 Å². The maximum absolute atomic E-state index is 5.47. The molecule has 0 unspecified atom stereocenters. The normalized spacial score (nSPS) is 12.0. The molecule has 5 heteroatoms. The number of rotatable bonds is 8. The zero-order valence-electron chi connectivity index (χ0n) is 36.3. The van der Waals surface area contributed by atoms with Crippen molar-refractivity contribution in [3.05, 3.63) is 191 Å². The van der Waals surface area contributed by atoms with E-state index in [0.29, 0.717) is 13.2 Å². The summed E-state index contributed by atoms with van der Waals surface area (Å²) < 4.78 is 12.3. The Morgan fingerprint density at radius 2 is 1.10 bits per heavy atom. The Balaban J connectivity index is 0.000000250. The van der Waals surface area contributed by atoms with Crippen LogP contribution in [0.4, 0.5) is 0 Å². The molecular formula is C55H56Cl2O2Zr-2. The smallest absolute Gasteiger partial charge is 0.109 e. The summed E-state index contributed by atoms with van der Waals surface area (Å²) in [6.07, 6.45) is 10.9. The van der Waals surface area contributed by atoms with Gasteiger partial charge in [0.05, 0.1) is 0 Å². The van der Waals surface area contributed by atoms with Crippen LogP contribution in [-0.2, 0) is 41.5 Å². The van der Waals surface area contributed by atoms with Crippen molar-refractivity contribution < 1.29 is 58.5 Å². The fourth-order valence-corrected chi connectivity index (χ4v) is 8.20. The van der Waals surface area contributed by atoms with Gasteiger partial charge in [0.25, 0.3) is 0 Å². The maximum atomic E-state index is 5.47. The van der Waals surface area contributed by atoms with E-state index in [1.165, 1.54) is 94.2 Å². The quantitative estimate of drug-likeness (QED) is 0.145. The number of halogens is 2. The SMILES string of the molecule is CC(C)(C)c1cc2c([c-]c1-c1ccccc1)Cc1cc(-c3ccccc3)c(C(C)(C)C)cc1-2.CCOc1ccc([C](=[Zr+2])c2ccc(OCC)cc2)cc1.[C-]1=CC=CC1.[Cl-].[Cl-]. The average molecular weight is 911 g/mol. The van der Waals surface area contributed by atoms with Crippen LogP contribution in [0.3, 0.4) is 0 Å². The van der Waals surface area contributed by atoms with E-state index in [1.807, 2.05) is 50.3 Å². The predicted octanol–water partition coefficient (Wildman–Crippen LogP) is 7.90. The number of fused-ring (bicyclic) bond motifs is 3. The summed E-state index contributed by atoms with van der Waals surface area (Å²) in [6, 6.07) is 49.4. The minimum absolute atomic E-state index is 0. The van der Waals surface area contributed by atoms with Crippen LogP contribution >= 0.6 is 0 Å². The Morgan fingerprint density at radius 3 is 1.53 bits per heavy atom. The standard InChI is InChI=1S/C33H33.C17H18O2.C5H5.2ClH.Zr/c1-32(2,3)30-20-26-24(18-28(30)22-13-9-7-10-14-22)17-25-19-29(23-15-11-8-12-16-23)31(21-27(25)26)33(4,5)6;1-3-18-16-9-5-14(6-10-16)13-15-7-11-17(12-8-15)19-4-2;1-2-4-5-3-1;;;/h7-16,18,20-21H,17H2,1-6H3;5-12H,3-4H2,1-2H3;1-3H,4H2;2*1H;/q-1;;-1;;;+2/p-2. The van der Waals surface area contributed by atoms with Crippen LogP contribution in [0.2, 0.25) is 0 Å². The molecule has 0 spiro atoms. The first kappa shape index (κ1) is 48.4. The van der Waals surface area contributed by atoms with Crippen LogP contribution < -0.4 is 34.3 Å². The molecular weight excluding hydrogens is 855 g/mol. The number of allylic oxidation sites excluding steroid dienone is 4. The fourth-order valence-electron chi connectivity index (χ4n) is 7.38. The van der Waals surface area contributed by atoms with Gasteiger partial charge in [-0.05, 0) is 39.5 Å². The molecule has 0 heterocycles. The van der Waals surface area contributed by atoms with Crippen LogP contribution in [0, 0.1) is 12.1 Å². The van der Waals surface area contributed by atoms with Gasteiger partial charge in [0.1, 0.15) is 0 Å². The maximum Gasteiger partial charge on any atom is -0.109 e. The van der Waals surface area contributed by atoms with E-state index in [0.717, 1.165) is 24.3 Å². The summed E-state index contributed by atoms with van der Waals surface area (Å²) in [5.41, 5.74) is 16.0. The third kappa shape index (κ3) is 12.2. The van der Waals surface area contributed by atoms with Gasteiger partial charge in [-0.1, -0.05) is 131 Å². The van der Waals surface area contributed by atoms with Crippen LogP contribution in [0.25, 0.3) is 33.4 Å². The molecule has 0 N–H and O–H groups in total. The van der Waals surface area contributed by atoms with Crippen LogP contribution in [-0.4, -0.2) is 16.4 Å². The van der Waals surface area contributed by atoms with Gasteiger partial charge in [-0.3, -0.25) is 6.08 Å². The molecule has 0 atom stereocenters. The first-order valence-electron chi connectivity index (χ1n) is 20.5. The molecule has 6 aromatic carbocycles. The monoisotopic (exact) mass is 908 g/mol. The Labute approximate surface area is 387 Å². The van der Waals surface area contributed by atoms with Gasteiger partial charge in [-0.25, -0.2) is 12.2 Å². The summed E-state index contributed by atoms with van der Waals surface area (Å²) in [5.74, 6) is 1.85. The summed E-state index contributed by atoms with van der Waals surface area (Å²) >= 11 is 1.40. The summed E-state index contributed by atoms with van der Waals surface area (Å²) in [7, 11) is 0. The molecule has 2 aliphatic carbocycles. The Kier molecular flexibility index (Phi) is 17.8. The first-order chi connectivity index (χ1) is 27.9. The number of benzene rings is 6. The van der Waals surface area contributed by atoms with Crippen molar-refractivity contribution in [3.63, 3.8) is 0 Å². The van der Waals surface area contributed by atoms with Gasteiger partial charge in [-0.2, -0.15) is 6.08 Å². The van der Waals surface area contributed by atoms with Crippen molar-refractivity contribution in [2.75, 3.05) is 13.2 Å². The zero-order chi connectivity index (χ0) is 41.3. The molecule has 0 saturated carbocycles. The van der Waals surface area contributed by atoms with Gasteiger partial charge < -0.3 is 24.8 Å². The van der Waals surface area contributed by atoms with E-state index < -0.39 is 0 Å². The van der Waals surface area contributed by atoms with Gasteiger partial charge in [0, 0.05) is 0 Å². The summed E-state index contributed by atoms with van der Waals surface area (Å²) in [4.78, 5) is 0. The number of hydrogen-bond donors (Lipinski definition) is 0. The number of hydrogen-bond acceptors (Lipinski definition) is 2. The summed E-state index contributed by atoms with van der Waals surface area (Å²) in [5, 5.41) is 0. The Bertz CT molecular complexity index is 2200. The molecule has 6 aromatic rings. The molecule has 0 amide bonds. The van der Waals surface area contributed by atoms with Crippen molar-refractivity contribution in [3.8, 4) is 44.9 Å². The van der Waals surface area contributed by atoms with Crippen LogP contribution in [0.1, 0.15) is 95.2 Å². The van der Waals surface area contributed by atoms with Crippen LogP contribution in [0.15, 0.2) is 146 Å². The molecule has 0 radical (unpaired) electrons. The van der Waals surface area contributed by atoms with Gasteiger partial charge in [-0.15, -0.1) is 35.2 Å². The molecule has 8 rings (SSSR count). The van der Waals surface area contributed by atoms with Crippen molar-refractivity contribution in [2.24, 2.45) is 0 Å². The topological polar surface area (TPSA) is 18.5 Å². The number of ether oxygens (including phenoxy) is 2. The molecule has 0 aromatic heterocycles. The third-order valence-corrected chi connectivity index (χ3v) is 11.7. The van der Waals surface area contributed by atoms with E-state index in [9.17, 15) is 0 Å². The average Bonchev–Trinajstić information content (AvgIpc) is 3.93. The largest absolute Gasteiger partial charge is 1.00 e. The van der Waals surface area contributed by atoms with E-state index in [1.54, 1.807) is 0 Å². The molecule has 0 fully saturated rings. The summed E-state index contributed by atoms with van der Waals surface area (Å²) in [6.45, 7) is 19.3. The van der Waals surface area contributed by atoms with Crippen molar-refractivity contribution in [1.29, 1.82) is 0 Å². The minimum Gasteiger partial charge on any atom is -1.00 e. The minimum atomic E-state index is 0. The van der Waals surface area contributed by atoms with E-state index in [2.05, 4.69) is 163 Å². The predicted molar refractivity (Wildman–Crippen MR) is 242 cm³/mol. The molecule has 0 bridgehead atoms. The van der Waals surface area contributed by atoms with Gasteiger partial charge in [0.15, 0.2) is 0 Å². The third-order valence-electron chi connectivity index (χ3n) is 10.3.